The second kappa shape index (κ2) is 8.38. The standard InChI is InChI=1S/C21H19F3N4O3/c22-21(23,24)20-26-16-3-1-2-4-17(16)28(20)13-18(29)25-15-7-5-14(6-8-15)19(30)27-9-11-31-12-10-27/h1-8H,9-13H2,(H,25,29). The zero-order valence-electron chi connectivity index (χ0n) is 16.4. The van der Waals surface area contributed by atoms with Gasteiger partial charge in [0.15, 0.2) is 0 Å². The Hall–Kier alpha value is -3.40. The van der Waals surface area contributed by atoms with E-state index in [2.05, 4.69) is 10.3 Å². The maximum Gasteiger partial charge on any atom is 0.449 e. The molecule has 0 radical (unpaired) electrons. The lowest BCUT2D eigenvalue weighted by Gasteiger charge is -2.26. The Morgan fingerprint density at radius 1 is 1.03 bits per heavy atom. The number of para-hydroxylation sites is 2. The van der Waals surface area contributed by atoms with Gasteiger partial charge in [-0.1, -0.05) is 12.1 Å². The van der Waals surface area contributed by atoms with Crippen molar-refractivity contribution in [1.29, 1.82) is 0 Å². The summed E-state index contributed by atoms with van der Waals surface area (Å²) in [5.74, 6) is -1.91. The van der Waals surface area contributed by atoms with Gasteiger partial charge in [0.1, 0.15) is 6.54 Å². The Balaban J connectivity index is 1.48. The van der Waals surface area contributed by atoms with Gasteiger partial charge in [0, 0.05) is 24.3 Å². The average molecular weight is 432 g/mol. The van der Waals surface area contributed by atoms with Crippen LogP contribution in [0.3, 0.4) is 0 Å². The van der Waals surface area contributed by atoms with Crippen LogP contribution in [-0.4, -0.2) is 52.6 Å². The van der Waals surface area contributed by atoms with E-state index in [0.29, 0.717) is 37.6 Å². The van der Waals surface area contributed by atoms with Crippen molar-refractivity contribution in [2.75, 3.05) is 31.6 Å². The van der Waals surface area contributed by atoms with Crippen LogP contribution in [0.5, 0.6) is 0 Å². The molecular formula is C21H19F3N4O3. The predicted octanol–water partition coefficient (Wildman–Crippen LogP) is 3.17. The third kappa shape index (κ3) is 4.53. The highest BCUT2D eigenvalue weighted by molar-refractivity contribution is 5.96. The van der Waals surface area contributed by atoms with Crippen molar-refractivity contribution in [3.63, 3.8) is 0 Å². The van der Waals surface area contributed by atoms with Crippen LogP contribution >= 0.6 is 0 Å². The Kier molecular flexibility index (Phi) is 5.64. The topological polar surface area (TPSA) is 76.5 Å². The minimum atomic E-state index is -4.69. The molecule has 3 aromatic rings. The van der Waals surface area contributed by atoms with E-state index in [1.807, 2.05) is 0 Å². The van der Waals surface area contributed by atoms with Crippen molar-refractivity contribution in [2.45, 2.75) is 12.7 Å². The van der Waals surface area contributed by atoms with Crippen LogP contribution in [0.15, 0.2) is 48.5 Å². The third-order valence-corrected chi connectivity index (χ3v) is 4.92. The molecule has 0 atom stereocenters. The van der Waals surface area contributed by atoms with Gasteiger partial charge in [0.2, 0.25) is 11.7 Å². The lowest BCUT2D eigenvalue weighted by Crippen LogP contribution is -2.40. The number of amides is 2. The number of nitrogens with zero attached hydrogens (tertiary/aromatic N) is 3. The number of carbonyl (C=O) groups excluding carboxylic acids is 2. The maximum atomic E-state index is 13.4. The van der Waals surface area contributed by atoms with Crippen LogP contribution in [-0.2, 0) is 22.3 Å². The molecular weight excluding hydrogens is 413 g/mol. The van der Waals surface area contributed by atoms with Crippen LogP contribution in [0.4, 0.5) is 18.9 Å². The number of hydrogen-bond acceptors (Lipinski definition) is 4. The average Bonchev–Trinajstić information content (AvgIpc) is 3.13. The molecule has 0 unspecified atom stereocenters. The van der Waals surface area contributed by atoms with Crippen molar-refractivity contribution in [2.24, 2.45) is 0 Å². The second-order valence-electron chi connectivity index (χ2n) is 7.04. The smallest absolute Gasteiger partial charge is 0.378 e. The van der Waals surface area contributed by atoms with Crippen molar-refractivity contribution in [3.8, 4) is 0 Å². The number of halogens is 3. The Labute approximate surface area is 175 Å². The Morgan fingerprint density at radius 3 is 2.39 bits per heavy atom. The van der Waals surface area contributed by atoms with Gasteiger partial charge in [-0.3, -0.25) is 9.59 Å². The molecule has 1 saturated heterocycles. The highest BCUT2D eigenvalue weighted by Gasteiger charge is 2.38. The summed E-state index contributed by atoms with van der Waals surface area (Å²) < 4.78 is 46.2. The molecule has 7 nitrogen and oxygen atoms in total. The molecule has 0 spiro atoms. The summed E-state index contributed by atoms with van der Waals surface area (Å²) in [6.07, 6.45) is -4.69. The maximum absolute atomic E-state index is 13.4. The molecule has 2 aromatic carbocycles. The Bertz CT molecular complexity index is 1100. The number of rotatable bonds is 4. The van der Waals surface area contributed by atoms with Crippen molar-refractivity contribution >= 4 is 28.5 Å². The number of imidazole rings is 1. The van der Waals surface area contributed by atoms with Gasteiger partial charge in [-0.15, -0.1) is 0 Å². The lowest BCUT2D eigenvalue weighted by atomic mass is 10.1. The summed E-state index contributed by atoms with van der Waals surface area (Å²) in [6, 6.07) is 12.3. The molecule has 0 aliphatic carbocycles. The molecule has 1 N–H and O–H groups in total. The molecule has 10 heteroatoms. The van der Waals surface area contributed by atoms with E-state index in [0.717, 1.165) is 4.57 Å². The number of nitrogens with one attached hydrogen (secondary N) is 1. The molecule has 1 aliphatic rings. The normalized spacial score (nSPS) is 14.6. The lowest BCUT2D eigenvalue weighted by molar-refractivity contribution is -0.147. The molecule has 31 heavy (non-hydrogen) atoms. The van der Waals surface area contributed by atoms with E-state index in [-0.39, 0.29) is 16.9 Å². The van der Waals surface area contributed by atoms with Gasteiger partial charge in [0.25, 0.3) is 5.91 Å². The largest absolute Gasteiger partial charge is 0.449 e. The molecule has 4 rings (SSSR count). The van der Waals surface area contributed by atoms with Crippen molar-refractivity contribution in [1.82, 2.24) is 14.5 Å². The zero-order valence-corrected chi connectivity index (χ0v) is 16.4. The number of fused-ring (bicyclic) bond motifs is 1. The monoisotopic (exact) mass is 432 g/mol. The number of benzene rings is 2. The first-order valence-corrected chi connectivity index (χ1v) is 9.62. The number of morpholine rings is 1. The van der Waals surface area contributed by atoms with Crippen molar-refractivity contribution in [3.05, 3.63) is 59.9 Å². The fourth-order valence-corrected chi connectivity index (χ4v) is 3.44. The molecule has 2 amide bonds. The molecule has 1 fully saturated rings. The minimum Gasteiger partial charge on any atom is -0.378 e. The number of aromatic nitrogens is 2. The number of carbonyl (C=O) groups is 2. The van der Waals surface area contributed by atoms with E-state index in [1.54, 1.807) is 41.3 Å². The van der Waals surface area contributed by atoms with E-state index >= 15 is 0 Å². The highest BCUT2D eigenvalue weighted by atomic mass is 19.4. The van der Waals surface area contributed by atoms with E-state index in [1.165, 1.54) is 12.1 Å². The summed E-state index contributed by atoms with van der Waals surface area (Å²) in [4.78, 5) is 30.2. The second-order valence-corrected chi connectivity index (χ2v) is 7.04. The summed E-state index contributed by atoms with van der Waals surface area (Å²) in [5, 5.41) is 2.57. The molecule has 1 aromatic heterocycles. The van der Waals surface area contributed by atoms with Crippen LogP contribution < -0.4 is 5.32 Å². The van der Waals surface area contributed by atoms with E-state index < -0.39 is 24.5 Å². The summed E-state index contributed by atoms with van der Waals surface area (Å²) in [5.41, 5.74) is 1.21. The molecule has 2 heterocycles. The van der Waals surface area contributed by atoms with Crippen LogP contribution in [0, 0.1) is 0 Å². The van der Waals surface area contributed by atoms with E-state index in [4.69, 9.17) is 4.74 Å². The first-order chi connectivity index (χ1) is 14.8. The van der Waals surface area contributed by atoms with Crippen LogP contribution in [0.2, 0.25) is 0 Å². The number of anilines is 1. The summed E-state index contributed by atoms with van der Waals surface area (Å²) in [7, 11) is 0. The minimum absolute atomic E-state index is 0.138. The van der Waals surface area contributed by atoms with Gasteiger partial charge in [-0.25, -0.2) is 4.98 Å². The summed E-state index contributed by atoms with van der Waals surface area (Å²) in [6.45, 7) is 1.45. The third-order valence-electron chi connectivity index (χ3n) is 4.92. The van der Waals surface area contributed by atoms with E-state index in [9.17, 15) is 22.8 Å². The van der Waals surface area contributed by atoms with Gasteiger partial charge in [0.05, 0.1) is 24.2 Å². The first-order valence-electron chi connectivity index (χ1n) is 9.62. The fraction of sp³-hybridized carbons (Fsp3) is 0.286. The predicted molar refractivity (Wildman–Crippen MR) is 107 cm³/mol. The molecule has 1 aliphatic heterocycles. The first kappa shape index (κ1) is 20.9. The fourth-order valence-electron chi connectivity index (χ4n) is 3.44. The number of alkyl halides is 3. The molecule has 0 saturated carbocycles. The number of ether oxygens (including phenoxy) is 1. The van der Waals surface area contributed by atoms with Crippen LogP contribution in [0.25, 0.3) is 11.0 Å². The Morgan fingerprint density at radius 2 is 1.71 bits per heavy atom. The van der Waals surface area contributed by atoms with Gasteiger partial charge >= 0.3 is 6.18 Å². The van der Waals surface area contributed by atoms with Gasteiger partial charge in [-0.05, 0) is 36.4 Å². The zero-order chi connectivity index (χ0) is 22.0. The highest BCUT2D eigenvalue weighted by Crippen LogP contribution is 2.31. The number of hydrogen-bond donors (Lipinski definition) is 1. The quantitative estimate of drug-likeness (QED) is 0.687. The van der Waals surface area contributed by atoms with Gasteiger partial charge in [-0.2, -0.15) is 13.2 Å². The van der Waals surface area contributed by atoms with Crippen molar-refractivity contribution < 1.29 is 27.5 Å². The van der Waals surface area contributed by atoms with Crippen LogP contribution in [0.1, 0.15) is 16.2 Å². The molecule has 0 bridgehead atoms. The SMILES string of the molecule is O=C(Cn1c(C(F)(F)F)nc2ccccc21)Nc1ccc(C(=O)N2CCOCC2)cc1. The van der Waals surface area contributed by atoms with Gasteiger partial charge < -0.3 is 19.5 Å². The summed E-state index contributed by atoms with van der Waals surface area (Å²) >= 11 is 0. The molecule has 162 valence electrons.